The van der Waals surface area contributed by atoms with Crippen molar-refractivity contribution in [3.05, 3.63) is 71.3 Å². The van der Waals surface area contributed by atoms with Crippen LogP contribution in [0.4, 0.5) is 10.1 Å². The molecule has 2 aliphatic rings. The second-order valence-corrected chi connectivity index (χ2v) is 8.76. The van der Waals surface area contributed by atoms with Gasteiger partial charge in [-0.1, -0.05) is 6.07 Å². The Morgan fingerprint density at radius 2 is 1.91 bits per heavy atom. The Morgan fingerprint density at radius 3 is 2.62 bits per heavy atom. The molecule has 1 fully saturated rings. The summed E-state index contributed by atoms with van der Waals surface area (Å²) < 4.78 is 15.8. The molecule has 0 atom stereocenters. The van der Waals surface area contributed by atoms with Crippen LogP contribution in [0.15, 0.2) is 42.7 Å². The number of rotatable bonds is 4. The Morgan fingerprint density at radius 1 is 1.12 bits per heavy atom. The number of anilines is 1. The normalized spacial score (nSPS) is 16.8. The van der Waals surface area contributed by atoms with Gasteiger partial charge in [0, 0.05) is 69.7 Å². The molecule has 0 amide bonds. The van der Waals surface area contributed by atoms with Crippen LogP contribution < -0.4 is 4.90 Å². The number of aromatic nitrogens is 4. The molecule has 1 aromatic carbocycles. The van der Waals surface area contributed by atoms with Crippen LogP contribution in [0.1, 0.15) is 35.6 Å². The molecule has 3 aromatic rings. The standard InChI is InChI=1S/C24H29FN6.CH2O2/c1-18-15-20(25)4-5-22(18)30-10-6-21(7-11-30)29-12-8-23-27-28-24(31(23)14-13-29)16-19-3-2-9-26-17-19;2-1-3/h2-5,9,15,17,21H,6-8,10-14,16H2,1H3;1H,(H,2,3). The number of hydrogen-bond donors (Lipinski definition) is 1. The number of halogens is 1. The molecule has 1 saturated heterocycles. The zero-order valence-corrected chi connectivity index (χ0v) is 19.5. The highest BCUT2D eigenvalue weighted by Gasteiger charge is 2.28. The number of pyridine rings is 1. The van der Waals surface area contributed by atoms with E-state index in [2.05, 4.69) is 35.6 Å². The van der Waals surface area contributed by atoms with Gasteiger partial charge in [-0.3, -0.25) is 14.7 Å². The third kappa shape index (κ3) is 5.59. The van der Waals surface area contributed by atoms with Crippen LogP contribution in [-0.4, -0.2) is 68.4 Å². The number of hydrogen-bond acceptors (Lipinski definition) is 6. The molecule has 0 unspecified atom stereocenters. The summed E-state index contributed by atoms with van der Waals surface area (Å²) in [7, 11) is 0. The van der Waals surface area contributed by atoms with Crippen molar-refractivity contribution in [1.82, 2.24) is 24.6 Å². The lowest BCUT2D eigenvalue weighted by atomic mass is 10.0. The van der Waals surface area contributed by atoms with E-state index in [1.165, 1.54) is 11.3 Å². The lowest BCUT2D eigenvalue weighted by Crippen LogP contribution is -2.46. The van der Waals surface area contributed by atoms with Gasteiger partial charge in [-0.15, -0.1) is 10.2 Å². The molecule has 0 aliphatic carbocycles. The highest BCUT2D eigenvalue weighted by atomic mass is 19.1. The lowest BCUT2D eigenvalue weighted by Gasteiger charge is -2.39. The van der Waals surface area contributed by atoms with Crippen molar-refractivity contribution in [3.8, 4) is 0 Å². The number of carboxylic acid groups (broad SMARTS) is 1. The maximum atomic E-state index is 13.5. The van der Waals surface area contributed by atoms with Crippen molar-refractivity contribution in [2.75, 3.05) is 31.1 Å². The molecule has 34 heavy (non-hydrogen) atoms. The van der Waals surface area contributed by atoms with E-state index in [0.29, 0.717) is 6.04 Å². The molecule has 4 heterocycles. The topological polar surface area (TPSA) is 87.4 Å². The SMILES string of the molecule is Cc1cc(F)ccc1N1CCC(N2CCc3nnc(Cc4cccnc4)n3CC2)CC1.O=CO. The van der Waals surface area contributed by atoms with E-state index in [-0.39, 0.29) is 12.3 Å². The molecular weight excluding hydrogens is 435 g/mol. The van der Waals surface area contributed by atoms with E-state index in [1.54, 1.807) is 18.3 Å². The fraction of sp³-hybridized carbons (Fsp3) is 0.440. The van der Waals surface area contributed by atoms with Gasteiger partial charge < -0.3 is 14.6 Å². The van der Waals surface area contributed by atoms with Crippen molar-refractivity contribution < 1.29 is 14.3 Å². The molecule has 9 heteroatoms. The Kier molecular flexibility index (Phi) is 7.84. The Hall–Kier alpha value is -3.33. The molecule has 1 N–H and O–H groups in total. The van der Waals surface area contributed by atoms with Crippen LogP contribution in [0.5, 0.6) is 0 Å². The van der Waals surface area contributed by atoms with Gasteiger partial charge in [-0.2, -0.15) is 0 Å². The first-order valence-electron chi connectivity index (χ1n) is 11.7. The summed E-state index contributed by atoms with van der Waals surface area (Å²) in [5.41, 5.74) is 3.36. The van der Waals surface area contributed by atoms with Gasteiger partial charge in [0.25, 0.3) is 6.47 Å². The van der Waals surface area contributed by atoms with Crippen molar-refractivity contribution in [2.24, 2.45) is 0 Å². The molecule has 2 aromatic heterocycles. The van der Waals surface area contributed by atoms with Gasteiger partial charge in [0.05, 0.1) is 0 Å². The first-order chi connectivity index (χ1) is 16.6. The van der Waals surface area contributed by atoms with Crippen LogP contribution in [-0.2, 0) is 24.2 Å². The van der Waals surface area contributed by atoms with Crippen LogP contribution in [0, 0.1) is 12.7 Å². The molecule has 5 rings (SSSR count). The zero-order valence-electron chi connectivity index (χ0n) is 19.5. The maximum Gasteiger partial charge on any atom is 0.290 e. The largest absolute Gasteiger partial charge is 0.483 e. The predicted octanol–water partition coefficient (Wildman–Crippen LogP) is 2.94. The van der Waals surface area contributed by atoms with E-state index in [9.17, 15) is 4.39 Å². The third-order valence-electron chi connectivity index (χ3n) is 6.70. The number of piperidine rings is 1. The average molecular weight is 467 g/mol. The summed E-state index contributed by atoms with van der Waals surface area (Å²) in [4.78, 5) is 17.6. The summed E-state index contributed by atoms with van der Waals surface area (Å²) in [6.45, 7) is 6.79. The van der Waals surface area contributed by atoms with Crippen molar-refractivity contribution in [2.45, 2.75) is 45.2 Å². The van der Waals surface area contributed by atoms with Crippen molar-refractivity contribution in [1.29, 1.82) is 0 Å². The van der Waals surface area contributed by atoms with Gasteiger partial charge in [-0.05, 0) is 55.2 Å². The zero-order chi connectivity index (χ0) is 23.9. The molecule has 0 saturated carbocycles. The quantitative estimate of drug-likeness (QED) is 0.592. The van der Waals surface area contributed by atoms with Gasteiger partial charge >= 0.3 is 0 Å². The number of benzene rings is 1. The molecule has 0 radical (unpaired) electrons. The summed E-state index contributed by atoms with van der Waals surface area (Å²) in [6.07, 6.45) is 7.70. The second kappa shape index (κ2) is 11.2. The van der Waals surface area contributed by atoms with E-state index >= 15 is 0 Å². The van der Waals surface area contributed by atoms with Crippen LogP contribution in [0.2, 0.25) is 0 Å². The molecular formula is C25H31FN6O2. The van der Waals surface area contributed by atoms with Gasteiger partial charge in [0.1, 0.15) is 17.5 Å². The lowest BCUT2D eigenvalue weighted by molar-refractivity contribution is -0.122. The van der Waals surface area contributed by atoms with Gasteiger partial charge in [-0.25, -0.2) is 4.39 Å². The van der Waals surface area contributed by atoms with E-state index in [4.69, 9.17) is 9.90 Å². The van der Waals surface area contributed by atoms with Crippen molar-refractivity contribution in [3.63, 3.8) is 0 Å². The predicted molar refractivity (Wildman–Crippen MR) is 127 cm³/mol. The van der Waals surface area contributed by atoms with Gasteiger partial charge in [0.15, 0.2) is 0 Å². The van der Waals surface area contributed by atoms with Crippen molar-refractivity contribution >= 4 is 12.2 Å². The van der Waals surface area contributed by atoms with E-state index in [0.717, 1.165) is 75.6 Å². The van der Waals surface area contributed by atoms with Gasteiger partial charge in [0.2, 0.25) is 0 Å². The van der Waals surface area contributed by atoms with Crippen LogP contribution in [0.3, 0.4) is 0 Å². The van der Waals surface area contributed by atoms with Crippen LogP contribution >= 0.6 is 0 Å². The number of fused-ring (bicyclic) bond motifs is 1. The summed E-state index contributed by atoms with van der Waals surface area (Å²) in [5, 5.41) is 15.8. The molecule has 0 spiro atoms. The first-order valence-corrected chi connectivity index (χ1v) is 11.7. The minimum absolute atomic E-state index is 0.157. The Balaban J connectivity index is 0.000000868. The minimum Gasteiger partial charge on any atom is -0.483 e. The fourth-order valence-corrected chi connectivity index (χ4v) is 5.03. The maximum absolute atomic E-state index is 13.5. The molecule has 0 bridgehead atoms. The Bertz CT molecular complexity index is 1080. The molecule has 180 valence electrons. The Labute approximate surface area is 199 Å². The number of aryl methyl sites for hydroxylation is 1. The smallest absolute Gasteiger partial charge is 0.290 e. The van der Waals surface area contributed by atoms with E-state index in [1.807, 2.05) is 25.3 Å². The minimum atomic E-state index is -0.250. The summed E-state index contributed by atoms with van der Waals surface area (Å²) in [6, 6.07) is 9.78. The highest BCUT2D eigenvalue weighted by molar-refractivity contribution is 5.53. The molecule has 2 aliphatic heterocycles. The first kappa shape index (κ1) is 23.8. The summed E-state index contributed by atoms with van der Waals surface area (Å²) in [5.74, 6) is 1.97. The number of carbonyl (C=O) groups is 1. The average Bonchev–Trinajstić information content (AvgIpc) is 3.08. The third-order valence-corrected chi connectivity index (χ3v) is 6.70. The fourth-order valence-electron chi connectivity index (χ4n) is 5.03. The summed E-state index contributed by atoms with van der Waals surface area (Å²) >= 11 is 0. The monoisotopic (exact) mass is 466 g/mol. The molecule has 8 nitrogen and oxygen atoms in total. The highest BCUT2D eigenvalue weighted by Crippen LogP contribution is 2.27. The second-order valence-electron chi connectivity index (χ2n) is 8.76. The van der Waals surface area contributed by atoms with Crippen LogP contribution in [0.25, 0.3) is 0 Å². The number of nitrogens with zero attached hydrogens (tertiary/aromatic N) is 6. The van der Waals surface area contributed by atoms with E-state index < -0.39 is 0 Å².